The van der Waals surface area contributed by atoms with Crippen molar-refractivity contribution in [2.24, 2.45) is 5.92 Å². The van der Waals surface area contributed by atoms with Gasteiger partial charge in [0, 0.05) is 6.26 Å². The molecular weight excluding hydrogens is 204 g/mol. The molecule has 0 aliphatic rings. The Bertz CT molecular complexity index is 210. The SMILES string of the molecule is CCCCSCC(C)CS(C)(=O)=O. The summed E-state index contributed by atoms with van der Waals surface area (Å²) in [5.74, 6) is 2.74. The van der Waals surface area contributed by atoms with Gasteiger partial charge >= 0.3 is 0 Å². The number of rotatable bonds is 7. The third kappa shape index (κ3) is 10.2. The van der Waals surface area contributed by atoms with Gasteiger partial charge in [0.25, 0.3) is 0 Å². The summed E-state index contributed by atoms with van der Waals surface area (Å²) in [7, 11) is -2.78. The summed E-state index contributed by atoms with van der Waals surface area (Å²) in [4.78, 5) is 0. The monoisotopic (exact) mass is 224 g/mol. The average Bonchev–Trinajstić information content (AvgIpc) is 1.94. The van der Waals surface area contributed by atoms with Crippen molar-refractivity contribution in [1.29, 1.82) is 0 Å². The summed E-state index contributed by atoms with van der Waals surface area (Å²) in [5, 5.41) is 0. The summed E-state index contributed by atoms with van der Waals surface area (Å²) < 4.78 is 21.8. The fourth-order valence-electron chi connectivity index (χ4n) is 1.10. The highest BCUT2D eigenvalue weighted by Crippen LogP contribution is 2.11. The number of unbranched alkanes of at least 4 members (excludes halogenated alkanes) is 1. The first-order valence-corrected chi connectivity index (χ1v) is 7.92. The van der Waals surface area contributed by atoms with Crippen LogP contribution in [0.2, 0.25) is 0 Å². The van der Waals surface area contributed by atoms with Crippen molar-refractivity contribution in [3.63, 3.8) is 0 Å². The van der Waals surface area contributed by atoms with Crippen LogP contribution in [0.15, 0.2) is 0 Å². The second-order valence-corrected chi connectivity index (χ2v) is 6.96. The fraction of sp³-hybridized carbons (Fsp3) is 1.00. The van der Waals surface area contributed by atoms with E-state index in [9.17, 15) is 8.42 Å². The molecule has 0 fully saturated rings. The molecule has 0 aliphatic carbocycles. The Morgan fingerprint density at radius 3 is 2.46 bits per heavy atom. The van der Waals surface area contributed by atoms with Crippen LogP contribution in [-0.4, -0.2) is 31.9 Å². The average molecular weight is 224 g/mol. The maximum absolute atomic E-state index is 10.9. The highest BCUT2D eigenvalue weighted by Gasteiger charge is 2.09. The molecular formula is C9H20O2S2. The van der Waals surface area contributed by atoms with Gasteiger partial charge in [0.15, 0.2) is 0 Å². The lowest BCUT2D eigenvalue weighted by atomic mass is 10.3. The standard InChI is InChI=1S/C9H20O2S2/c1-4-5-6-12-7-9(2)8-13(3,10)11/h9H,4-8H2,1-3H3. The molecule has 0 rings (SSSR count). The van der Waals surface area contributed by atoms with E-state index >= 15 is 0 Å². The van der Waals surface area contributed by atoms with Gasteiger partial charge in [0.05, 0.1) is 5.75 Å². The van der Waals surface area contributed by atoms with Gasteiger partial charge in [-0.25, -0.2) is 8.42 Å². The Labute approximate surface area is 86.4 Å². The van der Waals surface area contributed by atoms with Crippen LogP contribution in [0.4, 0.5) is 0 Å². The number of thioether (sulfide) groups is 1. The topological polar surface area (TPSA) is 34.1 Å². The molecule has 0 amide bonds. The van der Waals surface area contributed by atoms with E-state index < -0.39 is 9.84 Å². The third-order valence-corrected chi connectivity index (χ3v) is 4.19. The van der Waals surface area contributed by atoms with E-state index in [0.29, 0.717) is 5.75 Å². The number of hydrogen-bond donors (Lipinski definition) is 0. The lowest BCUT2D eigenvalue weighted by Gasteiger charge is -2.08. The zero-order valence-electron chi connectivity index (χ0n) is 8.75. The molecule has 0 aromatic carbocycles. The first-order valence-electron chi connectivity index (χ1n) is 4.71. The van der Waals surface area contributed by atoms with Crippen LogP contribution in [0.25, 0.3) is 0 Å². The molecule has 4 heteroatoms. The van der Waals surface area contributed by atoms with E-state index in [4.69, 9.17) is 0 Å². The van der Waals surface area contributed by atoms with Crippen LogP contribution in [0.5, 0.6) is 0 Å². The van der Waals surface area contributed by atoms with E-state index in [1.54, 1.807) is 0 Å². The van der Waals surface area contributed by atoms with Crippen LogP contribution in [0.3, 0.4) is 0 Å². The van der Waals surface area contributed by atoms with Crippen LogP contribution in [-0.2, 0) is 9.84 Å². The molecule has 0 aliphatic heterocycles. The maximum Gasteiger partial charge on any atom is 0.147 e. The molecule has 0 N–H and O–H groups in total. The second kappa shape index (κ2) is 6.71. The minimum Gasteiger partial charge on any atom is -0.229 e. The summed E-state index contributed by atoms with van der Waals surface area (Å²) in [6.07, 6.45) is 3.75. The van der Waals surface area contributed by atoms with E-state index in [0.717, 1.165) is 11.5 Å². The fourth-order valence-corrected chi connectivity index (χ4v) is 3.58. The number of sulfone groups is 1. The van der Waals surface area contributed by atoms with Crippen molar-refractivity contribution in [2.45, 2.75) is 26.7 Å². The van der Waals surface area contributed by atoms with Crippen molar-refractivity contribution < 1.29 is 8.42 Å². The van der Waals surface area contributed by atoms with E-state index in [-0.39, 0.29) is 5.92 Å². The number of hydrogen-bond acceptors (Lipinski definition) is 3. The zero-order valence-corrected chi connectivity index (χ0v) is 10.4. The summed E-state index contributed by atoms with van der Waals surface area (Å²) in [6.45, 7) is 4.17. The quantitative estimate of drug-likeness (QED) is 0.622. The Kier molecular flexibility index (Phi) is 6.86. The van der Waals surface area contributed by atoms with Crippen LogP contribution in [0.1, 0.15) is 26.7 Å². The van der Waals surface area contributed by atoms with E-state index in [1.165, 1.54) is 19.1 Å². The first kappa shape index (κ1) is 13.3. The van der Waals surface area contributed by atoms with Gasteiger partial charge in [0.2, 0.25) is 0 Å². The summed E-state index contributed by atoms with van der Waals surface area (Å²) in [6, 6.07) is 0. The van der Waals surface area contributed by atoms with Gasteiger partial charge < -0.3 is 0 Å². The lowest BCUT2D eigenvalue weighted by molar-refractivity contribution is 0.589. The van der Waals surface area contributed by atoms with Crippen molar-refractivity contribution in [2.75, 3.05) is 23.5 Å². The molecule has 1 atom stereocenters. The Morgan fingerprint density at radius 2 is 2.00 bits per heavy atom. The molecule has 0 saturated carbocycles. The Morgan fingerprint density at radius 1 is 1.38 bits per heavy atom. The molecule has 0 spiro atoms. The Balaban J connectivity index is 3.47. The van der Waals surface area contributed by atoms with Gasteiger partial charge in [-0.1, -0.05) is 20.3 Å². The molecule has 0 radical (unpaired) electrons. The molecule has 0 heterocycles. The molecule has 1 unspecified atom stereocenters. The molecule has 0 aromatic rings. The van der Waals surface area contributed by atoms with Crippen molar-refractivity contribution in [1.82, 2.24) is 0 Å². The molecule has 80 valence electrons. The van der Waals surface area contributed by atoms with Gasteiger partial charge in [-0.2, -0.15) is 11.8 Å². The first-order chi connectivity index (χ1) is 5.95. The van der Waals surface area contributed by atoms with Gasteiger partial charge in [-0.05, 0) is 23.8 Å². The minimum atomic E-state index is -2.78. The second-order valence-electron chi connectivity index (χ2n) is 3.63. The predicted octanol–water partition coefficient (Wildman–Crippen LogP) is 2.20. The van der Waals surface area contributed by atoms with Gasteiger partial charge in [0.1, 0.15) is 9.84 Å². The van der Waals surface area contributed by atoms with Crippen LogP contribution < -0.4 is 0 Å². The molecule has 2 nitrogen and oxygen atoms in total. The van der Waals surface area contributed by atoms with Crippen molar-refractivity contribution in [3.8, 4) is 0 Å². The smallest absolute Gasteiger partial charge is 0.147 e. The zero-order chi connectivity index (χ0) is 10.3. The predicted molar refractivity (Wildman–Crippen MR) is 61.1 cm³/mol. The largest absolute Gasteiger partial charge is 0.229 e. The van der Waals surface area contributed by atoms with E-state index in [2.05, 4.69) is 6.92 Å². The van der Waals surface area contributed by atoms with Crippen LogP contribution in [0, 0.1) is 5.92 Å². The molecule has 13 heavy (non-hydrogen) atoms. The summed E-state index contributed by atoms with van der Waals surface area (Å²) >= 11 is 1.86. The molecule has 0 bridgehead atoms. The Hall–Kier alpha value is 0.300. The highest BCUT2D eigenvalue weighted by atomic mass is 32.2. The normalized spacial score (nSPS) is 14.4. The summed E-state index contributed by atoms with van der Waals surface area (Å²) in [5.41, 5.74) is 0. The molecule has 0 aromatic heterocycles. The maximum atomic E-state index is 10.9. The highest BCUT2D eigenvalue weighted by molar-refractivity contribution is 7.99. The van der Waals surface area contributed by atoms with Crippen molar-refractivity contribution >= 4 is 21.6 Å². The minimum absolute atomic E-state index is 0.289. The van der Waals surface area contributed by atoms with Gasteiger partial charge in [-0.3, -0.25) is 0 Å². The van der Waals surface area contributed by atoms with Gasteiger partial charge in [-0.15, -0.1) is 0 Å². The molecule has 0 saturated heterocycles. The third-order valence-electron chi connectivity index (χ3n) is 1.63. The van der Waals surface area contributed by atoms with Crippen LogP contribution >= 0.6 is 11.8 Å². The lowest BCUT2D eigenvalue weighted by Crippen LogP contribution is -2.14. The van der Waals surface area contributed by atoms with E-state index in [1.807, 2.05) is 18.7 Å². The van der Waals surface area contributed by atoms with Crippen molar-refractivity contribution in [3.05, 3.63) is 0 Å².